The first kappa shape index (κ1) is 19.2. The molecule has 2 amide bonds. The number of pyridine rings is 1. The average molecular weight is 379 g/mol. The third-order valence-corrected chi connectivity index (χ3v) is 3.98. The van der Waals surface area contributed by atoms with Crippen LogP contribution in [-0.2, 0) is 4.79 Å². The van der Waals surface area contributed by atoms with E-state index in [2.05, 4.69) is 25.8 Å². The zero-order chi connectivity index (χ0) is 19.9. The van der Waals surface area contributed by atoms with Crippen molar-refractivity contribution in [3.63, 3.8) is 0 Å². The Balaban J connectivity index is 1.66. The fourth-order valence-corrected chi connectivity index (χ4v) is 2.56. The van der Waals surface area contributed by atoms with Crippen molar-refractivity contribution in [3.8, 4) is 11.4 Å². The molecule has 0 aliphatic heterocycles. The molecule has 2 N–H and O–H groups in total. The Hall–Kier alpha value is -3.55. The lowest BCUT2D eigenvalue weighted by atomic mass is 10.1. The van der Waals surface area contributed by atoms with Crippen LogP contribution in [0.15, 0.2) is 53.3 Å². The zero-order valence-electron chi connectivity index (χ0n) is 15.7. The number of amides is 2. The van der Waals surface area contributed by atoms with E-state index in [0.717, 1.165) is 12.0 Å². The Labute approximate surface area is 162 Å². The third-order valence-electron chi connectivity index (χ3n) is 3.98. The molecule has 28 heavy (non-hydrogen) atoms. The standard InChI is InChI=1S/C20H21N5O3/c1-3-5-17(26)23-16-7-4-6-15(12-16)19(27)22-13(2)20-24-18(25-28-20)14-8-10-21-11-9-14/h4,6-13H,3,5H2,1-2H3,(H,22,27)(H,23,26)/t13-/m1/s1. The smallest absolute Gasteiger partial charge is 0.251 e. The summed E-state index contributed by atoms with van der Waals surface area (Å²) in [6.07, 6.45) is 4.48. The number of aromatic nitrogens is 3. The van der Waals surface area contributed by atoms with Gasteiger partial charge in [-0.15, -0.1) is 0 Å². The zero-order valence-corrected chi connectivity index (χ0v) is 15.7. The van der Waals surface area contributed by atoms with Crippen LogP contribution in [0.4, 0.5) is 5.69 Å². The van der Waals surface area contributed by atoms with Gasteiger partial charge in [-0.25, -0.2) is 0 Å². The highest BCUT2D eigenvalue weighted by atomic mass is 16.5. The summed E-state index contributed by atoms with van der Waals surface area (Å²) in [7, 11) is 0. The van der Waals surface area contributed by atoms with Crippen LogP contribution in [0.3, 0.4) is 0 Å². The van der Waals surface area contributed by atoms with Crippen LogP contribution in [-0.4, -0.2) is 26.9 Å². The van der Waals surface area contributed by atoms with E-state index in [1.165, 1.54) is 0 Å². The second-order valence-electron chi connectivity index (χ2n) is 6.27. The topological polar surface area (TPSA) is 110 Å². The third kappa shape index (κ3) is 4.79. The van der Waals surface area contributed by atoms with Crippen molar-refractivity contribution in [1.82, 2.24) is 20.4 Å². The lowest BCUT2D eigenvalue weighted by Crippen LogP contribution is -2.27. The summed E-state index contributed by atoms with van der Waals surface area (Å²) in [5, 5.41) is 9.54. The number of anilines is 1. The fraction of sp³-hybridized carbons (Fsp3) is 0.250. The van der Waals surface area contributed by atoms with Gasteiger partial charge >= 0.3 is 0 Å². The van der Waals surface area contributed by atoms with Gasteiger partial charge in [0, 0.05) is 35.6 Å². The molecule has 1 aromatic carbocycles. The van der Waals surface area contributed by atoms with E-state index in [0.29, 0.717) is 29.4 Å². The summed E-state index contributed by atoms with van der Waals surface area (Å²) in [6, 6.07) is 9.84. The average Bonchev–Trinajstić information content (AvgIpc) is 3.19. The number of hydrogen-bond donors (Lipinski definition) is 2. The molecule has 2 aromatic heterocycles. The maximum Gasteiger partial charge on any atom is 0.251 e. The molecule has 3 rings (SSSR count). The van der Waals surface area contributed by atoms with Crippen LogP contribution in [0.5, 0.6) is 0 Å². The number of nitrogens with zero attached hydrogens (tertiary/aromatic N) is 3. The molecule has 144 valence electrons. The minimum absolute atomic E-state index is 0.0806. The van der Waals surface area contributed by atoms with Crippen LogP contribution in [0.1, 0.15) is 49.0 Å². The van der Waals surface area contributed by atoms with Crippen molar-refractivity contribution in [2.24, 2.45) is 0 Å². The van der Waals surface area contributed by atoms with E-state index in [-0.39, 0.29) is 11.8 Å². The van der Waals surface area contributed by atoms with E-state index >= 15 is 0 Å². The molecular weight excluding hydrogens is 358 g/mol. The molecule has 0 fully saturated rings. The number of hydrogen-bond acceptors (Lipinski definition) is 6. The van der Waals surface area contributed by atoms with Crippen molar-refractivity contribution in [1.29, 1.82) is 0 Å². The lowest BCUT2D eigenvalue weighted by molar-refractivity contribution is -0.116. The Bertz CT molecular complexity index is 955. The molecule has 0 radical (unpaired) electrons. The van der Waals surface area contributed by atoms with E-state index in [9.17, 15) is 9.59 Å². The molecule has 8 heteroatoms. The Kier molecular flexibility index (Phi) is 6.11. The SMILES string of the molecule is CCCC(=O)Nc1cccc(C(=O)N[C@H](C)c2nc(-c3ccncc3)no2)c1. The highest BCUT2D eigenvalue weighted by molar-refractivity contribution is 5.97. The number of carbonyl (C=O) groups is 2. The van der Waals surface area contributed by atoms with Crippen LogP contribution in [0, 0.1) is 0 Å². The van der Waals surface area contributed by atoms with Gasteiger partial charge in [0.05, 0.1) is 0 Å². The van der Waals surface area contributed by atoms with Gasteiger partial charge in [0.2, 0.25) is 17.6 Å². The maximum atomic E-state index is 12.5. The van der Waals surface area contributed by atoms with Crippen LogP contribution >= 0.6 is 0 Å². The first-order valence-electron chi connectivity index (χ1n) is 9.01. The molecule has 2 heterocycles. The molecule has 0 aliphatic rings. The summed E-state index contributed by atoms with van der Waals surface area (Å²) in [4.78, 5) is 32.6. The normalized spacial score (nSPS) is 11.6. The van der Waals surface area contributed by atoms with E-state index in [1.54, 1.807) is 55.7 Å². The van der Waals surface area contributed by atoms with Gasteiger partial charge in [0.15, 0.2) is 0 Å². The summed E-state index contributed by atoms with van der Waals surface area (Å²) >= 11 is 0. The summed E-state index contributed by atoms with van der Waals surface area (Å²) in [5.41, 5.74) is 1.78. The number of rotatable bonds is 7. The Morgan fingerprint density at radius 1 is 1.18 bits per heavy atom. The van der Waals surface area contributed by atoms with Crippen molar-refractivity contribution in [2.45, 2.75) is 32.7 Å². The molecule has 1 atom stereocenters. The van der Waals surface area contributed by atoms with Crippen LogP contribution in [0.2, 0.25) is 0 Å². The van der Waals surface area contributed by atoms with Crippen molar-refractivity contribution in [2.75, 3.05) is 5.32 Å². The van der Waals surface area contributed by atoms with Gasteiger partial charge in [0.1, 0.15) is 6.04 Å². The highest BCUT2D eigenvalue weighted by Crippen LogP contribution is 2.18. The van der Waals surface area contributed by atoms with Gasteiger partial charge in [-0.1, -0.05) is 18.1 Å². The van der Waals surface area contributed by atoms with Crippen molar-refractivity contribution in [3.05, 3.63) is 60.2 Å². The maximum absolute atomic E-state index is 12.5. The van der Waals surface area contributed by atoms with Gasteiger partial charge < -0.3 is 15.2 Å². The summed E-state index contributed by atoms with van der Waals surface area (Å²) in [6.45, 7) is 3.69. The molecule has 0 saturated heterocycles. The number of carbonyl (C=O) groups excluding carboxylic acids is 2. The fourth-order valence-electron chi connectivity index (χ4n) is 2.56. The summed E-state index contributed by atoms with van der Waals surface area (Å²) < 4.78 is 5.27. The van der Waals surface area contributed by atoms with Gasteiger partial charge in [0.25, 0.3) is 5.91 Å². The molecule has 0 bridgehead atoms. The molecule has 8 nitrogen and oxygen atoms in total. The molecule has 0 unspecified atom stereocenters. The molecule has 0 saturated carbocycles. The van der Waals surface area contributed by atoms with E-state index < -0.39 is 6.04 Å². The Morgan fingerprint density at radius 3 is 2.71 bits per heavy atom. The summed E-state index contributed by atoms with van der Waals surface area (Å²) in [5.74, 6) is 0.345. The van der Waals surface area contributed by atoms with Crippen LogP contribution in [0.25, 0.3) is 11.4 Å². The van der Waals surface area contributed by atoms with Gasteiger partial charge in [-0.05, 0) is 43.7 Å². The molecule has 3 aromatic rings. The van der Waals surface area contributed by atoms with Crippen LogP contribution < -0.4 is 10.6 Å². The molecule has 0 aliphatic carbocycles. The minimum atomic E-state index is -0.478. The lowest BCUT2D eigenvalue weighted by Gasteiger charge is -2.11. The monoisotopic (exact) mass is 379 g/mol. The number of benzene rings is 1. The first-order chi connectivity index (χ1) is 13.6. The minimum Gasteiger partial charge on any atom is -0.341 e. The van der Waals surface area contributed by atoms with Crippen molar-refractivity contribution < 1.29 is 14.1 Å². The second kappa shape index (κ2) is 8.90. The predicted octanol–water partition coefficient (Wildman–Crippen LogP) is 3.36. The molecular formula is C20H21N5O3. The van der Waals surface area contributed by atoms with Gasteiger partial charge in [-0.3, -0.25) is 14.6 Å². The van der Waals surface area contributed by atoms with Crippen molar-refractivity contribution >= 4 is 17.5 Å². The largest absolute Gasteiger partial charge is 0.341 e. The first-order valence-corrected chi connectivity index (χ1v) is 9.01. The van der Waals surface area contributed by atoms with E-state index in [4.69, 9.17) is 4.52 Å². The Morgan fingerprint density at radius 2 is 1.96 bits per heavy atom. The highest BCUT2D eigenvalue weighted by Gasteiger charge is 2.18. The van der Waals surface area contributed by atoms with Gasteiger partial charge in [-0.2, -0.15) is 4.98 Å². The van der Waals surface area contributed by atoms with E-state index in [1.807, 2.05) is 6.92 Å². The quantitative estimate of drug-likeness (QED) is 0.651. The predicted molar refractivity (Wildman–Crippen MR) is 103 cm³/mol. The number of nitrogens with one attached hydrogen (secondary N) is 2. The molecule has 0 spiro atoms. The second-order valence-corrected chi connectivity index (χ2v) is 6.27.